The predicted molar refractivity (Wildman–Crippen MR) is 130 cm³/mol. The second-order valence-corrected chi connectivity index (χ2v) is 9.64. The molecule has 3 aromatic rings. The lowest BCUT2D eigenvalue weighted by atomic mass is 9.91. The third kappa shape index (κ3) is 4.68. The number of ether oxygens (including phenoxy) is 2. The Balaban J connectivity index is 1.50. The van der Waals surface area contributed by atoms with Gasteiger partial charge in [-0.25, -0.2) is 9.59 Å². The van der Waals surface area contributed by atoms with Crippen molar-refractivity contribution >= 4 is 11.9 Å². The normalized spacial score (nSPS) is 14.6. The summed E-state index contributed by atoms with van der Waals surface area (Å²) in [7, 11) is 0. The van der Waals surface area contributed by atoms with Gasteiger partial charge in [0.05, 0.1) is 0 Å². The fourth-order valence-corrected chi connectivity index (χ4v) is 4.31. The summed E-state index contributed by atoms with van der Waals surface area (Å²) >= 11 is 0. The van der Waals surface area contributed by atoms with Crippen LogP contribution in [-0.4, -0.2) is 34.8 Å². The van der Waals surface area contributed by atoms with Crippen LogP contribution in [0.3, 0.4) is 0 Å². The summed E-state index contributed by atoms with van der Waals surface area (Å²) in [6.07, 6.45) is -0.200. The van der Waals surface area contributed by atoms with Gasteiger partial charge in [0.2, 0.25) is 5.54 Å². The van der Waals surface area contributed by atoms with E-state index in [0.717, 1.165) is 22.3 Å². The molecular weight excluding hydrogens is 430 g/mol. The lowest BCUT2D eigenvalue weighted by molar-refractivity contribution is -0.161. The Hall–Kier alpha value is -3.64. The number of hydrogen-bond donors (Lipinski definition) is 2. The minimum atomic E-state index is -2.20. The topological polar surface area (TPSA) is 98.9 Å². The molecule has 34 heavy (non-hydrogen) atoms. The number of carbonyl (C=O) groups is 2. The van der Waals surface area contributed by atoms with Gasteiger partial charge >= 0.3 is 11.9 Å². The number of aliphatic carboxylic acids is 1. The number of carbonyl (C=O) groups excluding carboxylic acids is 1. The molecule has 1 atom stereocenters. The number of rotatable bonds is 7. The Morgan fingerprint density at radius 3 is 1.91 bits per heavy atom. The number of carboxylic acid groups (broad SMARTS) is 1. The molecule has 0 heterocycles. The first-order chi connectivity index (χ1) is 16.1. The summed E-state index contributed by atoms with van der Waals surface area (Å²) in [5, 5.41) is 9.83. The van der Waals surface area contributed by atoms with Crippen molar-refractivity contribution in [2.24, 2.45) is 5.73 Å². The molecule has 0 saturated carbocycles. The number of esters is 1. The highest BCUT2D eigenvalue weighted by molar-refractivity contribution is 6.04. The molecule has 3 N–H and O–H groups in total. The molecule has 6 nitrogen and oxygen atoms in total. The van der Waals surface area contributed by atoms with E-state index in [-0.39, 0.29) is 24.5 Å². The van der Waals surface area contributed by atoms with Crippen molar-refractivity contribution < 1.29 is 24.2 Å². The van der Waals surface area contributed by atoms with Gasteiger partial charge < -0.3 is 20.3 Å². The molecule has 1 unspecified atom stereocenters. The van der Waals surface area contributed by atoms with Crippen LogP contribution in [0.5, 0.6) is 5.75 Å². The maximum Gasteiger partial charge on any atom is 0.338 e. The van der Waals surface area contributed by atoms with Gasteiger partial charge in [-0.2, -0.15) is 0 Å². The van der Waals surface area contributed by atoms with Crippen molar-refractivity contribution in [3.05, 3.63) is 89.5 Å². The maximum atomic E-state index is 13.0. The third-order valence-corrected chi connectivity index (χ3v) is 5.92. The number of benzene rings is 3. The zero-order valence-electron chi connectivity index (χ0n) is 19.6. The van der Waals surface area contributed by atoms with Gasteiger partial charge in [0.15, 0.2) is 0 Å². The Bertz CT molecular complexity index is 1170. The first-order valence-electron chi connectivity index (χ1n) is 11.2. The van der Waals surface area contributed by atoms with Crippen molar-refractivity contribution in [2.45, 2.75) is 44.2 Å². The highest BCUT2D eigenvalue weighted by atomic mass is 16.5. The summed E-state index contributed by atoms with van der Waals surface area (Å²) in [6.45, 7) is 5.83. The maximum absolute atomic E-state index is 13.0. The second-order valence-electron chi connectivity index (χ2n) is 9.64. The molecule has 0 amide bonds. The van der Waals surface area contributed by atoms with Gasteiger partial charge in [-0.1, -0.05) is 60.7 Å². The molecule has 3 aromatic carbocycles. The van der Waals surface area contributed by atoms with Crippen LogP contribution < -0.4 is 10.5 Å². The monoisotopic (exact) mass is 459 g/mol. The number of fused-ring (bicyclic) bond motifs is 3. The van der Waals surface area contributed by atoms with E-state index in [2.05, 4.69) is 0 Å². The molecule has 0 spiro atoms. The number of hydrogen-bond acceptors (Lipinski definition) is 5. The SMILES string of the molecule is CC(C)(C)Oc1ccc(CC(N)(C(=O)O)C(=O)OCC2c3ccccc3-c3ccccc32)cc1. The van der Waals surface area contributed by atoms with E-state index in [1.807, 2.05) is 69.3 Å². The van der Waals surface area contributed by atoms with Crippen LogP contribution in [0.2, 0.25) is 0 Å². The summed E-state index contributed by atoms with van der Waals surface area (Å²) in [5.74, 6) is -1.92. The van der Waals surface area contributed by atoms with E-state index in [1.54, 1.807) is 24.3 Å². The van der Waals surface area contributed by atoms with Crippen molar-refractivity contribution in [2.75, 3.05) is 6.61 Å². The van der Waals surface area contributed by atoms with Crippen LogP contribution in [-0.2, 0) is 20.7 Å². The Kier molecular flexibility index (Phi) is 6.19. The Labute approximate surface area is 199 Å². The van der Waals surface area contributed by atoms with Crippen LogP contribution in [0.4, 0.5) is 0 Å². The molecule has 1 aliphatic rings. The van der Waals surface area contributed by atoms with Crippen LogP contribution in [0.15, 0.2) is 72.8 Å². The zero-order valence-corrected chi connectivity index (χ0v) is 19.6. The molecule has 0 aromatic heterocycles. The molecule has 0 saturated heterocycles. The molecule has 1 aliphatic carbocycles. The zero-order chi connectivity index (χ0) is 24.5. The van der Waals surface area contributed by atoms with Gasteiger partial charge in [-0.15, -0.1) is 0 Å². The molecular formula is C28H29NO5. The molecule has 0 bridgehead atoms. The average Bonchev–Trinajstić information content (AvgIpc) is 3.11. The van der Waals surface area contributed by atoms with Gasteiger partial charge in [0.1, 0.15) is 18.0 Å². The second kappa shape index (κ2) is 8.95. The minimum absolute atomic E-state index is 0.0114. The summed E-state index contributed by atoms with van der Waals surface area (Å²) in [5.41, 5.74) is 8.43. The van der Waals surface area contributed by atoms with E-state index < -0.39 is 17.5 Å². The fourth-order valence-electron chi connectivity index (χ4n) is 4.31. The van der Waals surface area contributed by atoms with Crippen LogP contribution in [0, 0.1) is 0 Å². The highest BCUT2D eigenvalue weighted by Gasteiger charge is 2.45. The van der Waals surface area contributed by atoms with Crippen LogP contribution in [0.1, 0.15) is 43.4 Å². The number of nitrogens with two attached hydrogens (primary N) is 1. The molecule has 0 fully saturated rings. The van der Waals surface area contributed by atoms with Gasteiger partial charge in [0.25, 0.3) is 0 Å². The minimum Gasteiger partial charge on any atom is -0.488 e. The van der Waals surface area contributed by atoms with Crippen LogP contribution >= 0.6 is 0 Å². The van der Waals surface area contributed by atoms with Crippen molar-refractivity contribution in [1.29, 1.82) is 0 Å². The summed E-state index contributed by atoms with van der Waals surface area (Å²) in [4.78, 5) is 25.1. The van der Waals surface area contributed by atoms with Crippen LogP contribution in [0.25, 0.3) is 11.1 Å². The molecule has 6 heteroatoms. The lowest BCUT2D eigenvalue weighted by Crippen LogP contribution is -2.57. The molecule has 4 rings (SSSR count). The summed E-state index contributed by atoms with van der Waals surface area (Å²) < 4.78 is 11.4. The third-order valence-electron chi connectivity index (χ3n) is 5.92. The highest BCUT2D eigenvalue weighted by Crippen LogP contribution is 2.44. The Morgan fingerprint density at radius 1 is 0.882 bits per heavy atom. The smallest absolute Gasteiger partial charge is 0.338 e. The fraction of sp³-hybridized carbons (Fsp3) is 0.286. The van der Waals surface area contributed by atoms with Crippen molar-refractivity contribution in [1.82, 2.24) is 0 Å². The van der Waals surface area contributed by atoms with E-state index in [0.29, 0.717) is 11.3 Å². The standard InChI is InChI=1S/C28H29NO5/c1-27(2,3)34-19-14-12-18(13-15-19)16-28(29,25(30)31)26(32)33-17-24-22-10-6-4-8-20(22)21-9-5-7-11-23(21)24/h4-15,24H,16-17,29H2,1-3H3,(H,30,31). The first kappa shape index (κ1) is 23.5. The predicted octanol–water partition coefficient (Wildman–Crippen LogP) is 4.54. The lowest BCUT2D eigenvalue weighted by Gasteiger charge is -2.25. The molecule has 0 aliphatic heterocycles. The Morgan fingerprint density at radius 2 is 1.41 bits per heavy atom. The van der Waals surface area contributed by atoms with Gasteiger partial charge in [-0.05, 0) is 60.7 Å². The van der Waals surface area contributed by atoms with Crippen molar-refractivity contribution in [3.63, 3.8) is 0 Å². The van der Waals surface area contributed by atoms with E-state index in [1.165, 1.54) is 0 Å². The quantitative estimate of drug-likeness (QED) is 0.397. The molecule has 0 radical (unpaired) electrons. The molecule has 176 valence electrons. The van der Waals surface area contributed by atoms with E-state index in [4.69, 9.17) is 15.2 Å². The largest absolute Gasteiger partial charge is 0.488 e. The van der Waals surface area contributed by atoms with Crippen molar-refractivity contribution in [3.8, 4) is 16.9 Å². The van der Waals surface area contributed by atoms with Gasteiger partial charge in [-0.3, -0.25) is 0 Å². The number of carboxylic acids is 1. The van der Waals surface area contributed by atoms with E-state index in [9.17, 15) is 14.7 Å². The van der Waals surface area contributed by atoms with Gasteiger partial charge in [0, 0.05) is 12.3 Å². The first-order valence-corrected chi connectivity index (χ1v) is 11.2. The summed E-state index contributed by atoms with van der Waals surface area (Å²) in [6, 6.07) is 22.8. The van der Waals surface area contributed by atoms with E-state index >= 15 is 0 Å². The average molecular weight is 460 g/mol.